The van der Waals surface area contributed by atoms with Gasteiger partial charge in [0.2, 0.25) is 0 Å². The van der Waals surface area contributed by atoms with Crippen LogP contribution in [0.1, 0.15) is 42.8 Å². The summed E-state index contributed by atoms with van der Waals surface area (Å²) in [5.74, 6) is 0.588. The van der Waals surface area contributed by atoms with E-state index in [4.69, 9.17) is 5.73 Å². The third-order valence-corrected chi connectivity index (χ3v) is 4.23. The molecule has 0 aliphatic heterocycles. The zero-order chi connectivity index (χ0) is 18.4. The van der Waals surface area contributed by atoms with Gasteiger partial charge in [-0.05, 0) is 33.6 Å². The summed E-state index contributed by atoms with van der Waals surface area (Å²) in [6.07, 6.45) is -0.876. The maximum atomic E-state index is 12.9. The van der Waals surface area contributed by atoms with Crippen molar-refractivity contribution in [3.63, 3.8) is 0 Å². The summed E-state index contributed by atoms with van der Waals surface area (Å²) < 4.78 is 38.6. The molecule has 0 amide bonds. The zero-order valence-corrected chi connectivity index (χ0v) is 14.1. The smallest absolute Gasteiger partial charge is 0.394 e. The number of halogens is 3. The first-order chi connectivity index (χ1) is 11.7. The number of rotatable bonds is 4. The molecule has 0 spiro atoms. The van der Waals surface area contributed by atoms with Crippen molar-refractivity contribution >= 4 is 11.5 Å². The van der Waals surface area contributed by atoms with Gasteiger partial charge >= 0.3 is 6.18 Å². The predicted octanol–water partition coefficient (Wildman–Crippen LogP) is 3.37. The summed E-state index contributed by atoms with van der Waals surface area (Å²) in [7, 11) is 0. The number of aryl methyl sites for hydroxylation is 2. The summed E-state index contributed by atoms with van der Waals surface area (Å²) in [6, 6.07) is -1.78. The van der Waals surface area contributed by atoms with E-state index in [9.17, 15) is 13.2 Å². The van der Waals surface area contributed by atoms with E-state index in [2.05, 4.69) is 25.3 Å². The van der Waals surface area contributed by atoms with Crippen molar-refractivity contribution in [3.05, 3.63) is 23.4 Å². The number of nitrogens with one attached hydrogen (secondary N) is 1. The third kappa shape index (κ3) is 3.49. The lowest BCUT2D eigenvalue weighted by Gasteiger charge is -2.20. The van der Waals surface area contributed by atoms with E-state index in [1.807, 2.05) is 6.92 Å². The first-order valence-electron chi connectivity index (χ1n) is 7.97. The van der Waals surface area contributed by atoms with Gasteiger partial charge in [0, 0.05) is 5.92 Å². The molecular formula is C16H19F3N6. The molecule has 1 atom stereocenters. The Morgan fingerprint density at radius 2 is 1.84 bits per heavy atom. The number of alkyl halides is 3. The first kappa shape index (κ1) is 17.4. The van der Waals surface area contributed by atoms with Crippen LogP contribution in [0.2, 0.25) is 0 Å². The van der Waals surface area contributed by atoms with Gasteiger partial charge in [0.15, 0.2) is 11.6 Å². The lowest BCUT2D eigenvalue weighted by atomic mass is 10.1. The van der Waals surface area contributed by atoms with Crippen molar-refractivity contribution in [2.75, 3.05) is 11.1 Å². The van der Waals surface area contributed by atoms with Gasteiger partial charge in [0.1, 0.15) is 12.4 Å². The van der Waals surface area contributed by atoms with Crippen LogP contribution < -0.4 is 11.1 Å². The van der Waals surface area contributed by atoms with Crippen molar-refractivity contribution in [2.24, 2.45) is 0 Å². The number of nitrogens with two attached hydrogens (primary N) is 1. The molecule has 1 fully saturated rings. The van der Waals surface area contributed by atoms with Crippen LogP contribution in [0, 0.1) is 13.8 Å². The highest BCUT2D eigenvalue weighted by atomic mass is 19.4. The van der Waals surface area contributed by atoms with E-state index in [-0.39, 0.29) is 11.5 Å². The van der Waals surface area contributed by atoms with Gasteiger partial charge in [-0.3, -0.25) is 0 Å². The molecule has 9 heteroatoms. The highest BCUT2D eigenvalue weighted by Gasteiger charge is 2.37. The van der Waals surface area contributed by atoms with Crippen LogP contribution in [0.5, 0.6) is 0 Å². The van der Waals surface area contributed by atoms with Crippen LogP contribution in [-0.4, -0.2) is 32.2 Å². The molecule has 2 aromatic rings. The zero-order valence-electron chi connectivity index (χ0n) is 14.1. The van der Waals surface area contributed by atoms with Gasteiger partial charge in [-0.25, -0.2) is 19.9 Å². The van der Waals surface area contributed by atoms with Crippen molar-refractivity contribution in [1.29, 1.82) is 0 Å². The lowest BCUT2D eigenvalue weighted by molar-refractivity contribution is -0.138. The number of nitrogen functional groups attached to an aromatic ring is 1. The molecule has 1 saturated carbocycles. The average molecular weight is 352 g/mol. The topological polar surface area (TPSA) is 89.6 Å². The number of nitrogens with zero attached hydrogens (tertiary/aromatic N) is 4. The Bertz CT molecular complexity index is 801. The maximum Gasteiger partial charge on any atom is 0.408 e. The summed E-state index contributed by atoms with van der Waals surface area (Å²) in [4.78, 5) is 17.2. The van der Waals surface area contributed by atoms with Crippen molar-refractivity contribution < 1.29 is 13.2 Å². The van der Waals surface area contributed by atoms with Crippen LogP contribution in [0.25, 0.3) is 11.4 Å². The summed E-state index contributed by atoms with van der Waals surface area (Å²) >= 11 is 0. The van der Waals surface area contributed by atoms with Gasteiger partial charge in [0.05, 0.1) is 28.3 Å². The monoisotopic (exact) mass is 352 g/mol. The number of hydrogen-bond donors (Lipinski definition) is 2. The van der Waals surface area contributed by atoms with Gasteiger partial charge in [0.25, 0.3) is 0 Å². The standard InChI is InChI=1S/C16H19F3N6/c1-7-11(13(10-4-5-10)22-6-21-7)14-23-8(2)12(20)15(25-14)24-9(3)16(17,18)19/h6,9-10H,4-5,20H2,1-3H3,(H,23,24,25)/t9-/m0/s1. The van der Waals surface area contributed by atoms with Crippen LogP contribution in [-0.2, 0) is 0 Å². The van der Waals surface area contributed by atoms with Crippen LogP contribution in [0.15, 0.2) is 6.33 Å². The van der Waals surface area contributed by atoms with E-state index in [0.29, 0.717) is 28.7 Å². The molecule has 1 aliphatic carbocycles. The molecule has 25 heavy (non-hydrogen) atoms. The summed E-state index contributed by atoms with van der Waals surface area (Å²) in [5, 5.41) is 2.34. The molecule has 0 saturated heterocycles. The molecule has 0 bridgehead atoms. The maximum absolute atomic E-state index is 12.9. The van der Waals surface area contributed by atoms with Crippen molar-refractivity contribution in [3.8, 4) is 11.4 Å². The molecule has 2 heterocycles. The second kappa shape index (κ2) is 6.12. The Kier molecular flexibility index (Phi) is 4.26. The molecule has 6 nitrogen and oxygen atoms in total. The Balaban J connectivity index is 2.07. The van der Waals surface area contributed by atoms with Crippen LogP contribution in [0.3, 0.4) is 0 Å². The fourth-order valence-corrected chi connectivity index (χ4v) is 2.53. The van der Waals surface area contributed by atoms with Crippen molar-refractivity contribution in [2.45, 2.75) is 51.7 Å². The highest BCUT2D eigenvalue weighted by Crippen LogP contribution is 2.43. The molecule has 3 N–H and O–H groups in total. The van der Waals surface area contributed by atoms with E-state index in [1.165, 1.54) is 6.33 Å². The minimum absolute atomic E-state index is 0.0303. The molecule has 0 unspecified atom stereocenters. The minimum Gasteiger partial charge on any atom is -0.394 e. The summed E-state index contributed by atoms with van der Waals surface area (Å²) in [5.41, 5.74) is 8.60. The fourth-order valence-electron chi connectivity index (χ4n) is 2.53. The second-order valence-corrected chi connectivity index (χ2v) is 6.30. The predicted molar refractivity (Wildman–Crippen MR) is 88.1 cm³/mol. The summed E-state index contributed by atoms with van der Waals surface area (Å²) in [6.45, 7) is 4.46. The Morgan fingerprint density at radius 3 is 2.44 bits per heavy atom. The number of anilines is 2. The highest BCUT2D eigenvalue weighted by molar-refractivity contribution is 5.71. The normalized spacial score (nSPS) is 15.9. The van der Waals surface area contributed by atoms with Gasteiger partial charge < -0.3 is 11.1 Å². The van der Waals surface area contributed by atoms with E-state index < -0.39 is 12.2 Å². The molecule has 3 rings (SSSR count). The Morgan fingerprint density at radius 1 is 1.16 bits per heavy atom. The molecule has 0 aromatic carbocycles. The van der Waals surface area contributed by atoms with Crippen molar-refractivity contribution in [1.82, 2.24) is 19.9 Å². The SMILES string of the molecule is Cc1nc(-c2c(C)ncnc2C2CC2)nc(N[C@@H](C)C(F)(F)F)c1N. The number of hydrogen-bond acceptors (Lipinski definition) is 6. The van der Waals surface area contributed by atoms with E-state index in [0.717, 1.165) is 25.5 Å². The van der Waals surface area contributed by atoms with Gasteiger partial charge in [-0.15, -0.1) is 0 Å². The van der Waals surface area contributed by atoms with E-state index >= 15 is 0 Å². The average Bonchev–Trinajstić information content (AvgIpc) is 3.35. The molecule has 2 aromatic heterocycles. The van der Waals surface area contributed by atoms with E-state index in [1.54, 1.807) is 6.92 Å². The fraction of sp³-hybridized carbons (Fsp3) is 0.500. The molecule has 134 valence electrons. The first-order valence-corrected chi connectivity index (χ1v) is 7.97. The lowest BCUT2D eigenvalue weighted by Crippen LogP contribution is -2.34. The molecular weight excluding hydrogens is 333 g/mol. The van der Waals surface area contributed by atoms with Crippen LogP contribution >= 0.6 is 0 Å². The number of aromatic nitrogens is 4. The Hall–Kier alpha value is -2.45. The van der Waals surface area contributed by atoms with Gasteiger partial charge in [-0.2, -0.15) is 13.2 Å². The largest absolute Gasteiger partial charge is 0.408 e. The third-order valence-electron chi connectivity index (χ3n) is 4.23. The van der Waals surface area contributed by atoms with Gasteiger partial charge in [-0.1, -0.05) is 0 Å². The minimum atomic E-state index is -4.41. The molecule has 0 radical (unpaired) electrons. The Labute approximate surface area is 143 Å². The van der Waals surface area contributed by atoms with Crippen LogP contribution in [0.4, 0.5) is 24.7 Å². The molecule has 1 aliphatic rings. The second-order valence-electron chi connectivity index (χ2n) is 6.30. The quantitative estimate of drug-likeness (QED) is 0.877.